The van der Waals surface area contributed by atoms with Crippen LogP contribution < -0.4 is 11.1 Å². The molecule has 27 heavy (non-hydrogen) atoms. The number of hydrogen-bond acceptors (Lipinski definition) is 7. The minimum Gasteiger partial charge on any atom is -0.454 e. The number of rotatable bonds is 5. The first-order chi connectivity index (χ1) is 12.7. The van der Waals surface area contributed by atoms with E-state index in [-0.39, 0.29) is 17.8 Å². The topological polar surface area (TPSA) is 117 Å². The normalized spacial score (nSPS) is 11.5. The van der Waals surface area contributed by atoms with Crippen molar-refractivity contribution in [2.75, 3.05) is 11.9 Å². The number of amides is 1. The van der Waals surface area contributed by atoms with Crippen molar-refractivity contribution in [2.24, 2.45) is 0 Å². The molecule has 0 spiro atoms. The Kier molecular flexibility index (Phi) is 4.85. The average molecular weight is 373 g/mol. The standard InChI is InChI=1S/C18H19N3O6/c1-18(2,3)13-8-15(27-20-13)19-14(22)10-25-16(23)9-21-11-6-4-5-7-12(11)26-17(21)24/h4-8H,9-10H2,1-3H3,(H,19,22). The second-order valence-corrected chi connectivity index (χ2v) is 6.96. The van der Waals surface area contributed by atoms with E-state index in [1.807, 2.05) is 20.8 Å². The molecule has 2 aromatic heterocycles. The van der Waals surface area contributed by atoms with Crippen LogP contribution >= 0.6 is 0 Å². The number of aromatic nitrogens is 2. The van der Waals surface area contributed by atoms with Crippen molar-refractivity contribution in [3.63, 3.8) is 0 Å². The molecule has 3 rings (SSSR count). The number of ether oxygens (including phenoxy) is 1. The molecule has 0 saturated carbocycles. The molecule has 3 aromatic rings. The third-order valence-electron chi connectivity index (χ3n) is 3.77. The average Bonchev–Trinajstić information content (AvgIpc) is 3.18. The summed E-state index contributed by atoms with van der Waals surface area (Å²) in [5.41, 5.74) is 1.30. The van der Waals surface area contributed by atoms with E-state index in [4.69, 9.17) is 13.7 Å². The third kappa shape index (κ3) is 4.25. The Bertz CT molecular complexity index is 1040. The molecule has 9 nitrogen and oxygen atoms in total. The van der Waals surface area contributed by atoms with Gasteiger partial charge in [0, 0.05) is 11.5 Å². The van der Waals surface area contributed by atoms with Gasteiger partial charge < -0.3 is 13.7 Å². The van der Waals surface area contributed by atoms with Gasteiger partial charge in [0.2, 0.25) is 5.88 Å². The highest BCUT2D eigenvalue weighted by Crippen LogP contribution is 2.23. The quantitative estimate of drug-likeness (QED) is 0.680. The zero-order valence-electron chi connectivity index (χ0n) is 15.1. The Labute approximate surface area is 153 Å². The molecule has 0 unspecified atom stereocenters. The number of para-hydroxylation sites is 2. The summed E-state index contributed by atoms with van der Waals surface area (Å²) in [7, 11) is 0. The molecule has 0 aliphatic carbocycles. The second-order valence-electron chi connectivity index (χ2n) is 6.96. The number of hydrogen-bond donors (Lipinski definition) is 1. The first kappa shape index (κ1) is 18.4. The van der Waals surface area contributed by atoms with Gasteiger partial charge in [-0.15, -0.1) is 0 Å². The van der Waals surface area contributed by atoms with Crippen LogP contribution in [0.5, 0.6) is 0 Å². The molecular weight excluding hydrogens is 354 g/mol. The molecule has 0 saturated heterocycles. The lowest BCUT2D eigenvalue weighted by atomic mass is 9.92. The fraction of sp³-hybridized carbons (Fsp3) is 0.333. The van der Waals surface area contributed by atoms with Gasteiger partial charge in [0.25, 0.3) is 5.91 Å². The number of benzene rings is 1. The summed E-state index contributed by atoms with van der Waals surface area (Å²) < 4.78 is 16.1. The molecule has 0 radical (unpaired) electrons. The zero-order chi connectivity index (χ0) is 19.6. The van der Waals surface area contributed by atoms with E-state index in [2.05, 4.69) is 10.5 Å². The Morgan fingerprint density at radius 1 is 1.26 bits per heavy atom. The Hall–Kier alpha value is -3.36. The van der Waals surface area contributed by atoms with Gasteiger partial charge in [0.05, 0.1) is 11.2 Å². The Morgan fingerprint density at radius 2 is 2.00 bits per heavy atom. The Balaban J connectivity index is 1.56. The van der Waals surface area contributed by atoms with Crippen molar-refractivity contribution in [1.82, 2.24) is 9.72 Å². The summed E-state index contributed by atoms with van der Waals surface area (Å²) in [6, 6.07) is 8.31. The van der Waals surface area contributed by atoms with Crippen molar-refractivity contribution in [3.8, 4) is 0 Å². The lowest BCUT2D eigenvalue weighted by Gasteiger charge is -2.12. The molecule has 0 atom stereocenters. The molecule has 0 bridgehead atoms. The van der Waals surface area contributed by atoms with E-state index in [1.54, 1.807) is 30.3 Å². The molecule has 2 heterocycles. The van der Waals surface area contributed by atoms with Crippen molar-refractivity contribution in [1.29, 1.82) is 0 Å². The number of oxazole rings is 1. The van der Waals surface area contributed by atoms with Crippen molar-refractivity contribution in [3.05, 3.63) is 46.6 Å². The highest BCUT2D eigenvalue weighted by atomic mass is 16.5. The molecule has 0 aliphatic rings. The van der Waals surface area contributed by atoms with Crippen LogP contribution in [0.25, 0.3) is 11.1 Å². The number of esters is 1. The lowest BCUT2D eigenvalue weighted by Crippen LogP contribution is -2.25. The summed E-state index contributed by atoms with van der Waals surface area (Å²) in [4.78, 5) is 35.7. The van der Waals surface area contributed by atoms with Gasteiger partial charge in [0.15, 0.2) is 12.2 Å². The maximum absolute atomic E-state index is 12.0. The number of carbonyl (C=O) groups excluding carboxylic acids is 2. The number of nitrogens with zero attached hydrogens (tertiary/aromatic N) is 2. The van der Waals surface area contributed by atoms with E-state index in [0.29, 0.717) is 16.8 Å². The highest BCUT2D eigenvalue weighted by molar-refractivity contribution is 5.91. The van der Waals surface area contributed by atoms with Crippen molar-refractivity contribution in [2.45, 2.75) is 32.7 Å². The predicted molar refractivity (Wildman–Crippen MR) is 95.3 cm³/mol. The van der Waals surface area contributed by atoms with Gasteiger partial charge in [-0.05, 0) is 12.1 Å². The molecule has 0 aliphatic heterocycles. The molecule has 9 heteroatoms. The van der Waals surface area contributed by atoms with Crippen LogP contribution in [0.3, 0.4) is 0 Å². The van der Waals surface area contributed by atoms with Gasteiger partial charge in [-0.2, -0.15) is 0 Å². The fourth-order valence-corrected chi connectivity index (χ4v) is 2.35. The van der Waals surface area contributed by atoms with E-state index in [1.165, 1.54) is 0 Å². The molecule has 0 fully saturated rings. The maximum atomic E-state index is 12.0. The summed E-state index contributed by atoms with van der Waals surface area (Å²) in [5.74, 6) is -1.83. The number of anilines is 1. The van der Waals surface area contributed by atoms with Crippen molar-refractivity contribution < 1.29 is 23.3 Å². The first-order valence-corrected chi connectivity index (χ1v) is 8.25. The third-order valence-corrected chi connectivity index (χ3v) is 3.77. The summed E-state index contributed by atoms with van der Waals surface area (Å²) in [6.45, 7) is 4.99. The second kappa shape index (κ2) is 7.10. The number of fused-ring (bicyclic) bond motifs is 1. The van der Waals surface area contributed by atoms with Crippen LogP contribution in [0.4, 0.5) is 5.88 Å². The van der Waals surface area contributed by atoms with Crippen LogP contribution in [-0.2, 0) is 26.3 Å². The lowest BCUT2D eigenvalue weighted by molar-refractivity contribution is -0.147. The van der Waals surface area contributed by atoms with Gasteiger partial charge in [-0.3, -0.25) is 19.5 Å². The van der Waals surface area contributed by atoms with E-state index in [9.17, 15) is 14.4 Å². The predicted octanol–water partition coefficient (Wildman–Crippen LogP) is 2.06. The summed E-state index contributed by atoms with van der Waals surface area (Å²) >= 11 is 0. The van der Waals surface area contributed by atoms with Crippen molar-refractivity contribution >= 4 is 28.9 Å². The molecular formula is C18H19N3O6. The number of carbonyl (C=O) groups is 2. The minimum absolute atomic E-state index is 0.165. The SMILES string of the molecule is CC(C)(C)c1cc(NC(=O)COC(=O)Cn2c(=O)oc3ccccc32)on1. The van der Waals surface area contributed by atoms with Crippen LogP contribution in [0, 0.1) is 0 Å². The fourth-order valence-electron chi connectivity index (χ4n) is 2.35. The van der Waals surface area contributed by atoms with Crippen LogP contribution in [0.15, 0.2) is 44.1 Å². The first-order valence-electron chi connectivity index (χ1n) is 8.25. The maximum Gasteiger partial charge on any atom is 0.420 e. The van der Waals surface area contributed by atoms with Crippen LogP contribution in [0.1, 0.15) is 26.5 Å². The monoisotopic (exact) mass is 373 g/mol. The van der Waals surface area contributed by atoms with E-state index in [0.717, 1.165) is 4.57 Å². The number of nitrogens with one attached hydrogen (secondary N) is 1. The highest BCUT2D eigenvalue weighted by Gasteiger charge is 2.20. The molecule has 1 N–H and O–H groups in total. The van der Waals surface area contributed by atoms with Gasteiger partial charge in [-0.1, -0.05) is 38.1 Å². The van der Waals surface area contributed by atoms with Gasteiger partial charge >= 0.3 is 11.7 Å². The summed E-state index contributed by atoms with van der Waals surface area (Å²) in [6.07, 6.45) is 0. The van der Waals surface area contributed by atoms with E-state index < -0.39 is 24.2 Å². The zero-order valence-corrected chi connectivity index (χ0v) is 15.1. The molecule has 1 aromatic carbocycles. The Morgan fingerprint density at radius 3 is 2.70 bits per heavy atom. The molecule has 142 valence electrons. The van der Waals surface area contributed by atoms with Gasteiger partial charge in [-0.25, -0.2) is 4.79 Å². The van der Waals surface area contributed by atoms with Gasteiger partial charge in [0.1, 0.15) is 6.54 Å². The minimum atomic E-state index is -0.744. The molecule has 1 amide bonds. The van der Waals surface area contributed by atoms with E-state index >= 15 is 0 Å². The van der Waals surface area contributed by atoms with Crippen LogP contribution in [0.2, 0.25) is 0 Å². The summed E-state index contributed by atoms with van der Waals surface area (Å²) in [5, 5.41) is 6.34. The smallest absolute Gasteiger partial charge is 0.420 e. The van der Waals surface area contributed by atoms with Crippen LogP contribution in [-0.4, -0.2) is 28.2 Å². The largest absolute Gasteiger partial charge is 0.454 e.